The fourth-order valence-electron chi connectivity index (χ4n) is 2.42. The van der Waals surface area contributed by atoms with Crippen LogP contribution in [0, 0.1) is 5.92 Å². The number of piperidine rings is 1. The van der Waals surface area contributed by atoms with Crippen molar-refractivity contribution in [1.29, 1.82) is 0 Å². The molecule has 1 unspecified atom stereocenters. The molecule has 4 nitrogen and oxygen atoms in total. The molecular weight excluding hydrogens is 313 g/mol. The highest BCUT2D eigenvalue weighted by Gasteiger charge is 2.22. The molecule has 0 bridgehead atoms. The van der Waals surface area contributed by atoms with Gasteiger partial charge in [0.2, 0.25) is 5.91 Å². The number of halogens is 2. The Morgan fingerprint density at radius 1 is 1.38 bits per heavy atom. The van der Waals surface area contributed by atoms with Crippen LogP contribution in [-0.4, -0.2) is 42.2 Å². The maximum atomic E-state index is 12.1. The summed E-state index contributed by atoms with van der Waals surface area (Å²) in [6.07, 6.45) is 2.25. The first kappa shape index (κ1) is 16.4. The minimum Gasteiger partial charge on any atom is -0.493 e. The molecule has 1 amide bonds. The lowest BCUT2D eigenvalue weighted by molar-refractivity contribution is -0.133. The van der Waals surface area contributed by atoms with Crippen LogP contribution in [0.25, 0.3) is 0 Å². The van der Waals surface area contributed by atoms with Crippen molar-refractivity contribution in [3.63, 3.8) is 0 Å². The van der Waals surface area contributed by atoms with Gasteiger partial charge in [-0.2, -0.15) is 0 Å². The van der Waals surface area contributed by atoms with Crippen molar-refractivity contribution in [2.24, 2.45) is 5.92 Å². The molecule has 1 aliphatic heterocycles. The minimum atomic E-state index is 0.0632. The van der Waals surface area contributed by atoms with E-state index in [9.17, 15) is 9.90 Å². The molecule has 6 heteroatoms. The lowest BCUT2D eigenvalue weighted by atomic mass is 9.99. The van der Waals surface area contributed by atoms with Gasteiger partial charge in [0.1, 0.15) is 5.75 Å². The van der Waals surface area contributed by atoms with Gasteiger partial charge >= 0.3 is 0 Å². The molecule has 2 rings (SSSR count). The van der Waals surface area contributed by atoms with Crippen molar-refractivity contribution in [2.75, 3.05) is 26.3 Å². The summed E-state index contributed by atoms with van der Waals surface area (Å²) in [4.78, 5) is 13.9. The number of benzene rings is 1. The molecule has 1 aromatic rings. The Labute approximate surface area is 134 Å². The van der Waals surface area contributed by atoms with Crippen molar-refractivity contribution in [1.82, 2.24) is 4.90 Å². The van der Waals surface area contributed by atoms with Gasteiger partial charge in [-0.25, -0.2) is 0 Å². The average Bonchev–Trinajstić information content (AvgIpc) is 2.50. The minimum absolute atomic E-state index is 0.0632. The molecule has 21 heavy (non-hydrogen) atoms. The first-order valence-electron chi connectivity index (χ1n) is 7.06. The summed E-state index contributed by atoms with van der Waals surface area (Å²) in [5.41, 5.74) is 0. The second-order valence-corrected chi connectivity index (χ2v) is 6.02. The van der Waals surface area contributed by atoms with Crippen LogP contribution in [0.2, 0.25) is 10.0 Å². The first-order valence-corrected chi connectivity index (χ1v) is 7.82. The van der Waals surface area contributed by atoms with Crippen molar-refractivity contribution >= 4 is 29.1 Å². The van der Waals surface area contributed by atoms with Crippen molar-refractivity contribution in [3.05, 3.63) is 28.2 Å². The Kier molecular flexibility index (Phi) is 6.15. The van der Waals surface area contributed by atoms with Crippen LogP contribution in [0.3, 0.4) is 0 Å². The summed E-state index contributed by atoms with van der Waals surface area (Å²) in [6, 6.07) is 5.02. The summed E-state index contributed by atoms with van der Waals surface area (Å²) < 4.78 is 5.52. The monoisotopic (exact) mass is 331 g/mol. The number of rotatable bonds is 5. The van der Waals surface area contributed by atoms with Gasteiger partial charge in [0.15, 0.2) is 0 Å². The topological polar surface area (TPSA) is 49.8 Å². The molecular formula is C15H19Cl2NO3. The van der Waals surface area contributed by atoms with Crippen LogP contribution >= 0.6 is 23.2 Å². The lowest BCUT2D eigenvalue weighted by Gasteiger charge is -2.31. The van der Waals surface area contributed by atoms with E-state index in [1.165, 1.54) is 0 Å². The molecule has 1 aliphatic rings. The number of hydrogen-bond donors (Lipinski definition) is 1. The van der Waals surface area contributed by atoms with Crippen molar-refractivity contribution in [3.8, 4) is 5.75 Å². The van der Waals surface area contributed by atoms with E-state index in [1.54, 1.807) is 18.2 Å². The number of carbonyl (C=O) groups excluding carboxylic acids is 1. The summed E-state index contributed by atoms with van der Waals surface area (Å²) in [5.74, 6) is 0.871. The van der Waals surface area contributed by atoms with Gasteiger partial charge in [0.05, 0.1) is 23.1 Å². The van der Waals surface area contributed by atoms with Crippen molar-refractivity contribution in [2.45, 2.75) is 19.3 Å². The van der Waals surface area contributed by atoms with Crippen LogP contribution in [0.1, 0.15) is 19.3 Å². The number of aliphatic hydroxyl groups excluding tert-OH is 1. The van der Waals surface area contributed by atoms with Gasteiger partial charge in [0, 0.05) is 25.8 Å². The zero-order valence-electron chi connectivity index (χ0n) is 11.7. The molecule has 0 saturated carbocycles. The molecule has 1 N–H and O–H groups in total. The van der Waals surface area contributed by atoms with E-state index in [0.29, 0.717) is 35.4 Å². The second-order valence-electron chi connectivity index (χ2n) is 5.20. The van der Waals surface area contributed by atoms with Gasteiger partial charge in [-0.05, 0) is 30.9 Å². The predicted octanol–water partition coefficient (Wildman–Crippen LogP) is 2.99. The third kappa shape index (κ3) is 4.77. The molecule has 0 spiro atoms. The summed E-state index contributed by atoms with van der Waals surface area (Å²) in [7, 11) is 0. The smallest absolute Gasteiger partial charge is 0.226 e. The second kappa shape index (κ2) is 7.87. The van der Waals surface area contributed by atoms with Gasteiger partial charge in [-0.15, -0.1) is 0 Å². The Hall–Kier alpha value is -0.970. The third-order valence-corrected chi connectivity index (χ3v) is 4.34. The molecule has 0 radical (unpaired) electrons. The Balaban J connectivity index is 1.77. The van der Waals surface area contributed by atoms with E-state index >= 15 is 0 Å². The zero-order valence-corrected chi connectivity index (χ0v) is 13.2. The van der Waals surface area contributed by atoms with E-state index in [2.05, 4.69) is 0 Å². The number of likely N-dealkylation sites (tertiary alicyclic amines) is 1. The van der Waals surface area contributed by atoms with Crippen LogP contribution < -0.4 is 4.74 Å². The zero-order chi connectivity index (χ0) is 15.2. The van der Waals surface area contributed by atoms with Crippen LogP contribution in [0.4, 0.5) is 0 Å². The number of ether oxygens (including phenoxy) is 1. The number of amides is 1. The Morgan fingerprint density at radius 3 is 2.90 bits per heavy atom. The van der Waals surface area contributed by atoms with Crippen LogP contribution in [-0.2, 0) is 4.79 Å². The predicted molar refractivity (Wildman–Crippen MR) is 83.0 cm³/mol. The summed E-state index contributed by atoms with van der Waals surface area (Å²) >= 11 is 11.7. The summed E-state index contributed by atoms with van der Waals surface area (Å²) in [5, 5.41) is 10.1. The normalized spacial score (nSPS) is 18.6. The maximum absolute atomic E-state index is 12.1. The van der Waals surface area contributed by atoms with Crippen LogP contribution in [0.5, 0.6) is 5.75 Å². The summed E-state index contributed by atoms with van der Waals surface area (Å²) in [6.45, 7) is 1.85. The molecule has 1 saturated heterocycles. The molecule has 116 valence electrons. The highest BCUT2D eigenvalue weighted by molar-refractivity contribution is 6.42. The molecule has 0 aromatic heterocycles. The molecule has 0 aliphatic carbocycles. The molecule has 1 heterocycles. The highest BCUT2D eigenvalue weighted by atomic mass is 35.5. The van der Waals surface area contributed by atoms with E-state index < -0.39 is 0 Å². The third-order valence-electron chi connectivity index (χ3n) is 3.61. The van der Waals surface area contributed by atoms with Gasteiger partial charge in [-0.1, -0.05) is 23.2 Å². The van der Waals surface area contributed by atoms with Crippen LogP contribution in [0.15, 0.2) is 18.2 Å². The SMILES string of the molecule is O=C(CCOc1ccc(Cl)c(Cl)c1)N1CCCC(CO)C1. The van der Waals surface area contributed by atoms with E-state index in [-0.39, 0.29) is 18.4 Å². The Bertz CT molecular complexity index is 496. The lowest BCUT2D eigenvalue weighted by Crippen LogP contribution is -2.41. The fourth-order valence-corrected chi connectivity index (χ4v) is 2.71. The largest absolute Gasteiger partial charge is 0.493 e. The number of hydrogen-bond acceptors (Lipinski definition) is 3. The van der Waals surface area contributed by atoms with E-state index in [4.69, 9.17) is 27.9 Å². The molecule has 1 aromatic carbocycles. The standard InChI is InChI=1S/C15H19Cl2NO3/c16-13-4-3-12(8-14(13)17)21-7-5-15(20)18-6-1-2-11(9-18)10-19/h3-4,8,11,19H,1-2,5-7,9-10H2. The molecule has 1 atom stereocenters. The van der Waals surface area contributed by atoms with Gasteiger partial charge < -0.3 is 14.7 Å². The number of aliphatic hydroxyl groups is 1. The van der Waals surface area contributed by atoms with Gasteiger partial charge in [0.25, 0.3) is 0 Å². The quantitative estimate of drug-likeness (QED) is 0.902. The van der Waals surface area contributed by atoms with E-state index in [0.717, 1.165) is 19.4 Å². The van der Waals surface area contributed by atoms with E-state index in [1.807, 2.05) is 4.90 Å². The molecule has 1 fully saturated rings. The van der Waals surface area contributed by atoms with Crippen molar-refractivity contribution < 1.29 is 14.6 Å². The Morgan fingerprint density at radius 2 is 2.19 bits per heavy atom. The average molecular weight is 332 g/mol. The highest BCUT2D eigenvalue weighted by Crippen LogP contribution is 2.26. The number of carbonyl (C=O) groups is 1. The number of nitrogens with zero attached hydrogens (tertiary/aromatic N) is 1. The maximum Gasteiger partial charge on any atom is 0.226 e. The van der Waals surface area contributed by atoms with Gasteiger partial charge in [-0.3, -0.25) is 4.79 Å². The fraction of sp³-hybridized carbons (Fsp3) is 0.533. The first-order chi connectivity index (χ1) is 10.1.